The molecule has 0 heterocycles. The highest BCUT2D eigenvalue weighted by Crippen LogP contribution is 2.20. The normalized spacial score (nSPS) is 11.6. The minimum Gasteiger partial charge on any atom is -0.449 e. The van der Waals surface area contributed by atoms with Crippen molar-refractivity contribution in [3.05, 3.63) is 57.5 Å². The Morgan fingerprint density at radius 1 is 1.22 bits per heavy atom. The van der Waals surface area contributed by atoms with Crippen molar-refractivity contribution in [2.75, 3.05) is 11.1 Å². The van der Waals surface area contributed by atoms with Gasteiger partial charge in [0.15, 0.2) is 6.10 Å². The Kier molecular flexibility index (Phi) is 5.63. The Morgan fingerprint density at radius 3 is 2.48 bits per heavy atom. The van der Waals surface area contributed by atoms with Gasteiger partial charge in [0.25, 0.3) is 5.91 Å². The van der Waals surface area contributed by atoms with E-state index in [4.69, 9.17) is 22.1 Å². The number of rotatable bonds is 4. The molecule has 0 saturated carbocycles. The maximum atomic E-state index is 12.1. The number of anilines is 2. The predicted molar refractivity (Wildman–Crippen MR) is 93.5 cm³/mol. The smallest absolute Gasteiger partial charge is 0.341 e. The summed E-state index contributed by atoms with van der Waals surface area (Å²) in [4.78, 5) is 24.1. The number of nitrogens with two attached hydrogens (primary N) is 1. The molecule has 120 valence electrons. The molecule has 0 aromatic heterocycles. The number of hydrogen-bond acceptors (Lipinski definition) is 4. The topological polar surface area (TPSA) is 81.4 Å². The molecule has 23 heavy (non-hydrogen) atoms. The molecule has 1 atom stereocenters. The average Bonchev–Trinajstić information content (AvgIpc) is 2.49. The van der Waals surface area contributed by atoms with E-state index in [1.54, 1.807) is 24.3 Å². The summed E-state index contributed by atoms with van der Waals surface area (Å²) in [5.74, 6) is -1.12. The molecule has 0 aliphatic rings. The molecule has 3 N–H and O–H groups in total. The van der Waals surface area contributed by atoms with Crippen molar-refractivity contribution < 1.29 is 14.3 Å². The summed E-state index contributed by atoms with van der Waals surface area (Å²) in [7, 11) is 0. The summed E-state index contributed by atoms with van der Waals surface area (Å²) < 4.78 is 6.03. The molecule has 0 saturated heterocycles. The van der Waals surface area contributed by atoms with E-state index in [9.17, 15) is 9.59 Å². The second kappa shape index (κ2) is 7.48. The molecule has 0 fully saturated rings. The number of esters is 1. The fraction of sp³-hybridized carbons (Fsp3) is 0.125. The van der Waals surface area contributed by atoms with Crippen LogP contribution in [0, 0.1) is 0 Å². The van der Waals surface area contributed by atoms with Crippen LogP contribution in [0.5, 0.6) is 0 Å². The summed E-state index contributed by atoms with van der Waals surface area (Å²) in [6.07, 6.45) is -0.971. The number of nitrogen functional groups attached to an aromatic ring is 1. The second-order valence-corrected chi connectivity index (χ2v) is 6.13. The summed E-state index contributed by atoms with van der Waals surface area (Å²) in [5.41, 5.74) is 6.69. The number of amides is 1. The van der Waals surface area contributed by atoms with Crippen LogP contribution in [0.3, 0.4) is 0 Å². The van der Waals surface area contributed by atoms with Crippen molar-refractivity contribution in [3.8, 4) is 0 Å². The van der Waals surface area contributed by atoms with Crippen molar-refractivity contribution in [1.82, 2.24) is 0 Å². The molecule has 5 nitrogen and oxygen atoms in total. The van der Waals surface area contributed by atoms with E-state index < -0.39 is 18.0 Å². The van der Waals surface area contributed by atoms with Gasteiger partial charge in [0, 0.05) is 20.9 Å². The number of ether oxygens (including phenoxy) is 1. The zero-order valence-electron chi connectivity index (χ0n) is 12.2. The van der Waals surface area contributed by atoms with Gasteiger partial charge in [-0.15, -0.1) is 0 Å². The number of nitrogens with one attached hydrogen (secondary N) is 1. The Hall–Kier alpha value is -2.05. The van der Waals surface area contributed by atoms with Gasteiger partial charge in [-0.3, -0.25) is 4.79 Å². The van der Waals surface area contributed by atoms with Crippen molar-refractivity contribution in [2.45, 2.75) is 13.0 Å². The molecule has 2 aromatic carbocycles. The van der Waals surface area contributed by atoms with Crippen LogP contribution in [0.25, 0.3) is 0 Å². The maximum Gasteiger partial charge on any atom is 0.341 e. The fourth-order valence-corrected chi connectivity index (χ4v) is 2.22. The first-order chi connectivity index (χ1) is 10.9. The van der Waals surface area contributed by atoms with E-state index >= 15 is 0 Å². The third-order valence-corrected chi connectivity index (χ3v) is 3.76. The van der Waals surface area contributed by atoms with Gasteiger partial charge >= 0.3 is 5.97 Å². The minimum atomic E-state index is -0.971. The SMILES string of the molecule is C[C@@H](OC(=O)c1ccc(Cl)cc1N)C(=O)Nc1ccc(Br)cc1. The lowest BCUT2D eigenvalue weighted by Crippen LogP contribution is -2.30. The number of carbonyl (C=O) groups is 2. The van der Waals surface area contributed by atoms with Crippen LogP contribution in [-0.2, 0) is 9.53 Å². The van der Waals surface area contributed by atoms with Crippen LogP contribution in [0.15, 0.2) is 46.9 Å². The van der Waals surface area contributed by atoms with Crippen LogP contribution >= 0.6 is 27.5 Å². The van der Waals surface area contributed by atoms with Gasteiger partial charge in [-0.05, 0) is 49.4 Å². The van der Waals surface area contributed by atoms with Gasteiger partial charge < -0.3 is 15.8 Å². The summed E-state index contributed by atoms with van der Waals surface area (Å²) in [6.45, 7) is 1.48. The van der Waals surface area contributed by atoms with Crippen molar-refractivity contribution in [2.24, 2.45) is 0 Å². The third-order valence-electron chi connectivity index (χ3n) is 3.00. The van der Waals surface area contributed by atoms with Crippen LogP contribution in [0.2, 0.25) is 5.02 Å². The lowest BCUT2D eigenvalue weighted by molar-refractivity contribution is -0.123. The molecule has 7 heteroatoms. The van der Waals surface area contributed by atoms with Gasteiger partial charge in [0.05, 0.1) is 5.56 Å². The molecule has 0 bridgehead atoms. The highest BCUT2D eigenvalue weighted by atomic mass is 79.9. The molecular weight excluding hydrogens is 384 g/mol. The first-order valence-electron chi connectivity index (χ1n) is 6.69. The Bertz CT molecular complexity index is 735. The Balaban J connectivity index is 2.00. The molecule has 2 rings (SSSR count). The first kappa shape index (κ1) is 17.3. The van der Waals surface area contributed by atoms with E-state index in [2.05, 4.69) is 21.2 Å². The van der Waals surface area contributed by atoms with E-state index in [-0.39, 0.29) is 11.3 Å². The van der Waals surface area contributed by atoms with Crippen molar-refractivity contribution in [3.63, 3.8) is 0 Å². The van der Waals surface area contributed by atoms with Crippen molar-refractivity contribution >= 4 is 50.8 Å². The molecule has 2 aromatic rings. The Morgan fingerprint density at radius 2 is 1.87 bits per heavy atom. The zero-order valence-corrected chi connectivity index (χ0v) is 14.5. The first-order valence-corrected chi connectivity index (χ1v) is 7.86. The van der Waals surface area contributed by atoms with Gasteiger partial charge in [0.1, 0.15) is 0 Å². The molecule has 0 aliphatic heterocycles. The summed E-state index contributed by atoms with van der Waals surface area (Å²) in [6, 6.07) is 11.5. The molecule has 0 unspecified atom stereocenters. The van der Waals surface area contributed by atoms with Crippen molar-refractivity contribution in [1.29, 1.82) is 0 Å². The van der Waals surface area contributed by atoms with Crippen LogP contribution in [-0.4, -0.2) is 18.0 Å². The van der Waals surface area contributed by atoms with Crippen LogP contribution in [0.4, 0.5) is 11.4 Å². The number of halogens is 2. The van der Waals surface area contributed by atoms with Crippen LogP contribution in [0.1, 0.15) is 17.3 Å². The lowest BCUT2D eigenvalue weighted by atomic mass is 10.2. The molecule has 0 aliphatic carbocycles. The predicted octanol–water partition coefficient (Wildman–Crippen LogP) is 3.87. The molecular formula is C16H14BrClN2O3. The average molecular weight is 398 g/mol. The Labute approximate surface area is 146 Å². The van der Waals surface area contributed by atoms with Gasteiger partial charge in [-0.2, -0.15) is 0 Å². The number of hydrogen-bond donors (Lipinski definition) is 2. The molecule has 0 radical (unpaired) electrons. The van der Waals surface area contributed by atoms with E-state index in [1.807, 2.05) is 0 Å². The maximum absolute atomic E-state index is 12.1. The van der Waals surface area contributed by atoms with E-state index in [1.165, 1.54) is 25.1 Å². The highest BCUT2D eigenvalue weighted by Gasteiger charge is 2.20. The monoisotopic (exact) mass is 396 g/mol. The minimum absolute atomic E-state index is 0.165. The zero-order chi connectivity index (χ0) is 17.0. The molecule has 1 amide bonds. The largest absolute Gasteiger partial charge is 0.449 e. The second-order valence-electron chi connectivity index (χ2n) is 4.78. The summed E-state index contributed by atoms with van der Waals surface area (Å²) >= 11 is 9.09. The van der Waals surface area contributed by atoms with E-state index in [0.717, 1.165) is 4.47 Å². The third kappa shape index (κ3) is 4.71. The van der Waals surface area contributed by atoms with E-state index in [0.29, 0.717) is 10.7 Å². The standard InChI is InChI=1S/C16H14BrClN2O3/c1-9(15(21)20-12-5-2-10(17)3-6-12)23-16(22)13-7-4-11(18)8-14(13)19/h2-9H,19H2,1H3,(H,20,21)/t9-/m1/s1. The van der Waals surface area contributed by atoms with Gasteiger partial charge in [-0.1, -0.05) is 27.5 Å². The quantitative estimate of drug-likeness (QED) is 0.606. The summed E-state index contributed by atoms with van der Waals surface area (Å²) in [5, 5.41) is 3.08. The number of carbonyl (C=O) groups excluding carboxylic acids is 2. The lowest BCUT2D eigenvalue weighted by Gasteiger charge is -2.14. The van der Waals surface area contributed by atoms with Gasteiger partial charge in [-0.25, -0.2) is 4.79 Å². The number of benzene rings is 2. The highest BCUT2D eigenvalue weighted by molar-refractivity contribution is 9.10. The molecule has 0 spiro atoms. The van der Waals surface area contributed by atoms with Crippen LogP contribution < -0.4 is 11.1 Å². The fourth-order valence-electron chi connectivity index (χ4n) is 1.77. The van der Waals surface area contributed by atoms with Gasteiger partial charge in [0.2, 0.25) is 0 Å².